The van der Waals surface area contributed by atoms with Crippen LogP contribution in [0.25, 0.3) is 0 Å². The molecule has 2 aromatic rings. The van der Waals surface area contributed by atoms with E-state index in [9.17, 15) is 10.1 Å². The van der Waals surface area contributed by atoms with Crippen molar-refractivity contribution in [3.05, 3.63) is 60.2 Å². The Bertz CT molecular complexity index is 711. The summed E-state index contributed by atoms with van der Waals surface area (Å²) in [7, 11) is 0. The molecule has 0 aromatic heterocycles. The predicted molar refractivity (Wildman–Crippen MR) is 86.9 cm³/mol. The lowest BCUT2D eigenvalue weighted by molar-refractivity contribution is -0.156. The number of carbonyl (C=O) groups is 1. The highest BCUT2D eigenvalue weighted by atomic mass is 16.5. The van der Waals surface area contributed by atoms with Crippen molar-refractivity contribution in [3.8, 4) is 17.6 Å². The number of esters is 1. The summed E-state index contributed by atoms with van der Waals surface area (Å²) in [6.45, 7) is 5.25. The second-order valence-corrected chi connectivity index (χ2v) is 6.15. The lowest BCUT2D eigenvalue weighted by atomic mass is 9.97. The van der Waals surface area contributed by atoms with Gasteiger partial charge in [0.15, 0.2) is 0 Å². The fourth-order valence-electron chi connectivity index (χ4n) is 1.82. The maximum atomic E-state index is 12.0. The first kappa shape index (κ1) is 16.6. The number of rotatable bonds is 4. The van der Waals surface area contributed by atoms with Crippen molar-refractivity contribution in [2.45, 2.75) is 26.9 Å². The molecule has 2 rings (SSSR count). The lowest BCUT2D eigenvalue weighted by Crippen LogP contribution is -2.24. The van der Waals surface area contributed by atoms with Crippen molar-refractivity contribution in [1.82, 2.24) is 0 Å². The number of ether oxygens (including phenoxy) is 2. The summed E-state index contributed by atoms with van der Waals surface area (Å²) in [5.74, 6) is 0.865. The molecule has 0 N–H and O–H groups in total. The van der Waals surface area contributed by atoms with E-state index < -0.39 is 17.5 Å². The highest BCUT2D eigenvalue weighted by Crippen LogP contribution is 2.27. The van der Waals surface area contributed by atoms with Gasteiger partial charge in [0.25, 0.3) is 0 Å². The van der Waals surface area contributed by atoms with Crippen molar-refractivity contribution < 1.29 is 14.3 Å². The third-order valence-electron chi connectivity index (χ3n) is 3.09. The molecule has 1 atom stereocenters. The van der Waals surface area contributed by atoms with Crippen molar-refractivity contribution in [2.75, 3.05) is 0 Å². The van der Waals surface area contributed by atoms with Crippen molar-refractivity contribution in [3.63, 3.8) is 0 Å². The van der Waals surface area contributed by atoms with E-state index in [1.807, 2.05) is 36.4 Å². The Morgan fingerprint density at radius 2 is 1.70 bits per heavy atom. The Hall–Kier alpha value is -2.80. The molecule has 4 heteroatoms. The van der Waals surface area contributed by atoms with Crippen LogP contribution in [0, 0.1) is 16.7 Å². The number of nitriles is 1. The van der Waals surface area contributed by atoms with E-state index in [2.05, 4.69) is 0 Å². The predicted octanol–water partition coefficient (Wildman–Crippen LogP) is 4.63. The van der Waals surface area contributed by atoms with Crippen LogP contribution in [0.4, 0.5) is 0 Å². The number of nitrogens with zero attached hydrogens (tertiary/aromatic N) is 1. The molecular formula is C19H19NO3. The van der Waals surface area contributed by atoms with Gasteiger partial charge < -0.3 is 9.47 Å². The van der Waals surface area contributed by atoms with Crippen LogP contribution in [0.1, 0.15) is 32.4 Å². The first-order valence-electron chi connectivity index (χ1n) is 7.34. The fraction of sp³-hybridized carbons (Fsp3) is 0.263. The van der Waals surface area contributed by atoms with Gasteiger partial charge in [-0.15, -0.1) is 0 Å². The summed E-state index contributed by atoms with van der Waals surface area (Å²) < 4.78 is 11.0. The average molecular weight is 309 g/mol. The van der Waals surface area contributed by atoms with Gasteiger partial charge in [0, 0.05) is 5.56 Å². The molecular weight excluding hydrogens is 290 g/mol. The standard InChI is InChI=1S/C19H19NO3/c1-19(2,3)18(21)23-17(13-20)14-8-7-11-16(12-14)22-15-9-5-4-6-10-15/h4-12,17H,1-3H3/t17-/m1/s1. The molecule has 0 amide bonds. The molecule has 0 fully saturated rings. The molecule has 0 unspecified atom stereocenters. The van der Waals surface area contributed by atoms with Gasteiger partial charge in [0.05, 0.1) is 5.41 Å². The maximum absolute atomic E-state index is 12.0. The zero-order valence-electron chi connectivity index (χ0n) is 13.4. The Morgan fingerprint density at radius 3 is 2.30 bits per heavy atom. The smallest absolute Gasteiger partial charge is 0.312 e. The van der Waals surface area contributed by atoms with Crippen LogP contribution in [0.5, 0.6) is 11.5 Å². The number of hydrogen-bond donors (Lipinski definition) is 0. The van der Waals surface area contributed by atoms with Crippen LogP contribution in [0.2, 0.25) is 0 Å². The van der Waals surface area contributed by atoms with Gasteiger partial charge in [0.1, 0.15) is 17.6 Å². The molecule has 0 aliphatic rings. The average Bonchev–Trinajstić information content (AvgIpc) is 2.52. The zero-order chi connectivity index (χ0) is 16.9. The molecule has 118 valence electrons. The quantitative estimate of drug-likeness (QED) is 0.772. The number of para-hydroxylation sites is 1. The minimum atomic E-state index is -0.957. The van der Waals surface area contributed by atoms with E-state index in [-0.39, 0.29) is 0 Å². The van der Waals surface area contributed by atoms with Crippen LogP contribution < -0.4 is 4.74 Å². The molecule has 4 nitrogen and oxygen atoms in total. The van der Waals surface area contributed by atoms with Crippen LogP contribution in [0.15, 0.2) is 54.6 Å². The second kappa shape index (κ2) is 6.97. The van der Waals surface area contributed by atoms with Crippen molar-refractivity contribution in [2.24, 2.45) is 5.41 Å². The topological polar surface area (TPSA) is 59.3 Å². The molecule has 0 aliphatic heterocycles. The van der Waals surface area contributed by atoms with Crippen LogP contribution in [-0.2, 0) is 9.53 Å². The van der Waals surface area contributed by atoms with Gasteiger partial charge in [-0.2, -0.15) is 5.26 Å². The molecule has 0 spiro atoms. The molecule has 0 radical (unpaired) electrons. The summed E-state index contributed by atoms with van der Waals surface area (Å²) in [6, 6.07) is 18.4. The van der Waals surface area contributed by atoms with E-state index in [1.54, 1.807) is 45.0 Å². The normalized spacial score (nSPS) is 12.1. The van der Waals surface area contributed by atoms with Crippen LogP contribution in [0.3, 0.4) is 0 Å². The van der Waals surface area contributed by atoms with E-state index in [0.717, 1.165) is 0 Å². The molecule has 2 aromatic carbocycles. The SMILES string of the molecule is CC(C)(C)C(=O)O[C@H](C#N)c1cccc(Oc2ccccc2)c1. The highest BCUT2D eigenvalue weighted by Gasteiger charge is 2.27. The van der Waals surface area contributed by atoms with E-state index in [4.69, 9.17) is 9.47 Å². The summed E-state index contributed by atoms with van der Waals surface area (Å²) in [5, 5.41) is 9.31. The van der Waals surface area contributed by atoms with E-state index >= 15 is 0 Å². The summed E-state index contributed by atoms with van der Waals surface area (Å²) in [5.41, 5.74) is -0.0775. The van der Waals surface area contributed by atoms with Gasteiger partial charge in [-0.1, -0.05) is 30.3 Å². The summed E-state index contributed by atoms with van der Waals surface area (Å²) >= 11 is 0. The van der Waals surface area contributed by atoms with Crippen LogP contribution in [-0.4, -0.2) is 5.97 Å². The second-order valence-electron chi connectivity index (χ2n) is 6.15. The largest absolute Gasteiger partial charge is 0.457 e. The lowest BCUT2D eigenvalue weighted by Gasteiger charge is -2.20. The highest BCUT2D eigenvalue weighted by molar-refractivity contribution is 5.75. The number of benzene rings is 2. The third kappa shape index (κ3) is 4.58. The summed E-state index contributed by atoms with van der Waals surface area (Å²) in [6.07, 6.45) is -0.957. The summed E-state index contributed by atoms with van der Waals surface area (Å²) in [4.78, 5) is 12.0. The van der Waals surface area contributed by atoms with Gasteiger partial charge in [-0.3, -0.25) is 4.79 Å². The molecule has 23 heavy (non-hydrogen) atoms. The van der Waals surface area contributed by atoms with Gasteiger partial charge in [-0.25, -0.2) is 0 Å². The van der Waals surface area contributed by atoms with Crippen LogP contribution >= 0.6 is 0 Å². The fourth-order valence-corrected chi connectivity index (χ4v) is 1.82. The Balaban J connectivity index is 2.17. The number of carbonyl (C=O) groups excluding carboxylic acids is 1. The monoisotopic (exact) mass is 309 g/mol. The minimum Gasteiger partial charge on any atom is -0.457 e. The third-order valence-corrected chi connectivity index (χ3v) is 3.09. The van der Waals surface area contributed by atoms with Gasteiger partial charge in [0.2, 0.25) is 6.10 Å². The van der Waals surface area contributed by atoms with Crippen molar-refractivity contribution in [1.29, 1.82) is 5.26 Å². The molecule has 0 aliphatic carbocycles. The zero-order valence-corrected chi connectivity index (χ0v) is 13.4. The number of hydrogen-bond acceptors (Lipinski definition) is 4. The Labute approximate surface area is 136 Å². The molecule has 0 heterocycles. The van der Waals surface area contributed by atoms with Gasteiger partial charge >= 0.3 is 5.97 Å². The first-order valence-corrected chi connectivity index (χ1v) is 7.34. The Kier molecular flexibility index (Phi) is 5.02. The molecule has 0 bridgehead atoms. The maximum Gasteiger partial charge on any atom is 0.312 e. The molecule has 0 saturated heterocycles. The molecule has 0 saturated carbocycles. The van der Waals surface area contributed by atoms with E-state index in [1.165, 1.54) is 0 Å². The van der Waals surface area contributed by atoms with Gasteiger partial charge in [-0.05, 0) is 45.0 Å². The first-order chi connectivity index (χ1) is 10.9. The Morgan fingerprint density at radius 1 is 1.04 bits per heavy atom. The van der Waals surface area contributed by atoms with E-state index in [0.29, 0.717) is 17.1 Å². The minimum absolute atomic E-state index is 0.418. The van der Waals surface area contributed by atoms with Crippen molar-refractivity contribution >= 4 is 5.97 Å².